The van der Waals surface area contributed by atoms with E-state index in [2.05, 4.69) is 19.4 Å². The molecule has 0 saturated heterocycles. The molecule has 9 nitrogen and oxygen atoms in total. The van der Waals surface area contributed by atoms with Gasteiger partial charge in [0.05, 0.1) is 21.9 Å². The number of aryl methyl sites for hydroxylation is 1. The van der Waals surface area contributed by atoms with Gasteiger partial charge in [-0.1, -0.05) is 11.6 Å². The van der Waals surface area contributed by atoms with Crippen molar-refractivity contribution in [1.29, 1.82) is 0 Å². The zero-order chi connectivity index (χ0) is 21.9. The number of hydrogen-bond donors (Lipinski definition) is 2. The third kappa shape index (κ3) is 4.99. The van der Waals surface area contributed by atoms with E-state index in [1.807, 2.05) is 0 Å². The number of aromatic nitrogens is 2. The van der Waals surface area contributed by atoms with Crippen molar-refractivity contribution < 1.29 is 21.6 Å². The number of benzene rings is 2. The molecule has 0 amide bonds. The van der Waals surface area contributed by atoms with Gasteiger partial charge in [0.15, 0.2) is 0 Å². The standard InChI is InChI=1S/C18H17ClN4O5S2/c1-12-9-10-20-18(21-12)23-29(24,25)14-5-3-13(4-6-14)22-30(26,27)15-7-8-17(28-2)16(19)11-15/h3-11,22H,1-2H3,(H,20,21,23). The molecule has 2 aromatic carbocycles. The lowest BCUT2D eigenvalue weighted by Crippen LogP contribution is -2.16. The van der Waals surface area contributed by atoms with Crippen LogP contribution < -0.4 is 14.2 Å². The van der Waals surface area contributed by atoms with Crippen LogP contribution in [0.4, 0.5) is 11.6 Å². The molecule has 12 heteroatoms. The van der Waals surface area contributed by atoms with Crippen LogP contribution >= 0.6 is 11.6 Å². The van der Waals surface area contributed by atoms with Crippen molar-refractivity contribution >= 4 is 43.3 Å². The van der Waals surface area contributed by atoms with Crippen LogP contribution in [0, 0.1) is 6.92 Å². The molecule has 0 atom stereocenters. The number of halogens is 1. The van der Waals surface area contributed by atoms with Crippen LogP contribution in [0.15, 0.2) is 64.5 Å². The molecule has 30 heavy (non-hydrogen) atoms. The fourth-order valence-electron chi connectivity index (χ4n) is 2.41. The first-order valence-corrected chi connectivity index (χ1v) is 11.7. The second-order valence-electron chi connectivity index (χ2n) is 6.05. The van der Waals surface area contributed by atoms with Gasteiger partial charge in [-0.2, -0.15) is 0 Å². The van der Waals surface area contributed by atoms with Gasteiger partial charge in [0.25, 0.3) is 20.0 Å². The Kier molecular flexibility index (Phi) is 6.15. The Morgan fingerprint density at radius 1 is 0.900 bits per heavy atom. The molecule has 0 radical (unpaired) electrons. The van der Waals surface area contributed by atoms with Crippen molar-refractivity contribution in [3.63, 3.8) is 0 Å². The molecule has 3 rings (SSSR count). The normalized spacial score (nSPS) is 11.7. The highest BCUT2D eigenvalue weighted by atomic mass is 35.5. The average Bonchev–Trinajstić information content (AvgIpc) is 2.67. The molecule has 0 unspecified atom stereocenters. The summed E-state index contributed by atoms with van der Waals surface area (Å²) in [5.41, 5.74) is 0.777. The summed E-state index contributed by atoms with van der Waals surface area (Å²) in [6.07, 6.45) is 1.43. The van der Waals surface area contributed by atoms with E-state index in [4.69, 9.17) is 16.3 Å². The van der Waals surface area contributed by atoms with Gasteiger partial charge in [0.1, 0.15) is 5.75 Å². The van der Waals surface area contributed by atoms with Gasteiger partial charge in [-0.3, -0.25) is 4.72 Å². The fraction of sp³-hybridized carbons (Fsp3) is 0.111. The maximum atomic E-state index is 12.6. The highest BCUT2D eigenvalue weighted by Gasteiger charge is 2.19. The van der Waals surface area contributed by atoms with E-state index in [1.54, 1.807) is 13.0 Å². The van der Waals surface area contributed by atoms with Crippen LogP contribution in [0.3, 0.4) is 0 Å². The Hall–Kier alpha value is -2.89. The zero-order valence-corrected chi connectivity index (χ0v) is 18.2. The van der Waals surface area contributed by atoms with Crippen LogP contribution in [-0.4, -0.2) is 33.9 Å². The Balaban J connectivity index is 1.79. The Labute approximate surface area is 179 Å². The molecule has 0 fully saturated rings. The average molecular weight is 469 g/mol. The highest BCUT2D eigenvalue weighted by molar-refractivity contribution is 7.93. The smallest absolute Gasteiger partial charge is 0.264 e. The molecular weight excluding hydrogens is 452 g/mol. The van der Waals surface area contributed by atoms with Gasteiger partial charge >= 0.3 is 0 Å². The molecule has 0 bridgehead atoms. The summed E-state index contributed by atoms with van der Waals surface area (Å²) >= 11 is 5.98. The third-order valence-electron chi connectivity index (χ3n) is 3.87. The largest absolute Gasteiger partial charge is 0.495 e. The lowest BCUT2D eigenvalue weighted by atomic mass is 10.3. The van der Waals surface area contributed by atoms with Crippen LogP contribution in [0.5, 0.6) is 5.75 Å². The zero-order valence-electron chi connectivity index (χ0n) is 15.8. The number of hydrogen-bond acceptors (Lipinski definition) is 7. The summed E-state index contributed by atoms with van der Waals surface area (Å²) in [6.45, 7) is 1.70. The molecule has 1 heterocycles. The third-order valence-corrected chi connectivity index (χ3v) is 6.89. The van der Waals surface area contributed by atoms with E-state index in [0.29, 0.717) is 11.4 Å². The van der Waals surface area contributed by atoms with Crippen molar-refractivity contribution in [2.45, 2.75) is 16.7 Å². The maximum absolute atomic E-state index is 12.6. The first kappa shape index (κ1) is 21.8. The quantitative estimate of drug-likeness (QED) is 0.545. The van der Waals surface area contributed by atoms with Gasteiger partial charge in [-0.05, 0) is 55.5 Å². The van der Waals surface area contributed by atoms with Crippen LogP contribution in [-0.2, 0) is 20.0 Å². The number of methoxy groups -OCH3 is 1. The molecule has 3 aromatic rings. The fourth-order valence-corrected chi connectivity index (χ4v) is 4.77. The minimum atomic E-state index is -3.94. The number of anilines is 2. The van der Waals surface area contributed by atoms with Crippen LogP contribution in [0.2, 0.25) is 5.02 Å². The monoisotopic (exact) mass is 468 g/mol. The van der Waals surface area contributed by atoms with Crippen molar-refractivity contribution in [1.82, 2.24) is 9.97 Å². The van der Waals surface area contributed by atoms with E-state index in [0.717, 1.165) is 0 Å². The van der Waals surface area contributed by atoms with E-state index in [-0.39, 0.29) is 26.4 Å². The minimum absolute atomic E-state index is 0.0591. The van der Waals surface area contributed by atoms with Gasteiger partial charge in [0.2, 0.25) is 5.95 Å². The van der Waals surface area contributed by atoms with Crippen molar-refractivity contribution in [3.05, 3.63) is 65.4 Å². The van der Waals surface area contributed by atoms with Crippen LogP contribution in [0.25, 0.3) is 0 Å². The number of rotatable bonds is 7. The van der Waals surface area contributed by atoms with E-state index in [9.17, 15) is 16.8 Å². The van der Waals surface area contributed by atoms with E-state index < -0.39 is 20.0 Å². The first-order chi connectivity index (χ1) is 14.1. The lowest BCUT2D eigenvalue weighted by molar-refractivity contribution is 0.414. The highest BCUT2D eigenvalue weighted by Crippen LogP contribution is 2.28. The molecule has 2 N–H and O–H groups in total. The first-order valence-electron chi connectivity index (χ1n) is 8.39. The number of sulfonamides is 2. The number of ether oxygens (including phenoxy) is 1. The van der Waals surface area contributed by atoms with Gasteiger partial charge in [-0.25, -0.2) is 31.5 Å². The summed E-state index contributed by atoms with van der Waals surface area (Å²) in [6, 6.07) is 10.8. The summed E-state index contributed by atoms with van der Waals surface area (Å²) in [4.78, 5) is 7.70. The summed E-state index contributed by atoms with van der Waals surface area (Å²) in [5.74, 6) is 0.284. The second kappa shape index (κ2) is 8.46. The summed E-state index contributed by atoms with van der Waals surface area (Å²) in [7, 11) is -6.46. The van der Waals surface area contributed by atoms with Gasteiger partial charge in [0, 0.05) is 17.6 Å². The Morgan fingerprint density at radius 3 is 2.13 bits per heavy atom. The van der Waals surface area contributed by atoms with Crippen LogP contribution in [0.1, 0.15) is 5.69 Å². The molecule has 0 aliphatic heterocycles. The van der Waals surface area contributed by atoms with Gasteiger partial charge < -0.3 is 4.74 Å². The second-order valence-corrected chi connectivity index (χ2v) is 9.83. The topological polar surface area (TPSA) is 127 Å². The molecular formula is C18H17ClN4O5S2. The van der Waals surface area contributed by atoms with Gasteiger partial charge in [-0.15, -0.1) is 0 Å². The minimum Gasteiger partial charge on any atom is -0.495 e. The molecule has 0 aliphatic carbocycles. The van der Waals surface area contributed by atoms with E-state index >= 15 is 0 Å². The van der Waals surface area contributed by atoms with Crippen molar-refractivity contribution in [2.24, 2.45) is 0 Å². The maximum Gasteiger partial charge on any atom is 0.264 e. The number of nitrogens with one attached hydrogen (secondary N) is 2. The SMILES string of the molecule is COc1ccc(S(=O)(=O)Nc2ccc(S(=O)(=O)Nc3nccc(C)n3)cc2)cc1Cl. The Bertz CT molecular complexity index is 1280. The summed E-state index contributed by atoms with van der Waals surface area (Å²) in [5, 5.41) is 0.145. The Morgan fingerprint density at radius 2 is 1.53 bits per heavy atom. The summed E-state index contributed by atoms with van der Waals surface area (Å²) < 4.78 is 59.7. The van der Waals surface area contributed by atoms with E-state index in [1.165, 1.54) is 55.8 Å². The van der Waals surface area contributed by atoms with Crippen molar-refractivity contribution in [2.75, 3.05) is 16.6 Å². The molecule has 0 saturated carbocycles. The molecule has 0 spiro atoms. The predicted molar refractivity (Wildman–Crippen MR) is 113 cm³/mol. The molecule has 0 aliphatic rings. The lowest BCUT2D eigenvalue weighted by Gasteiger charge is -2.11. The molecule has 158 valence electrons. The number of nitrogens with zero attached hydrogens (tertiary/aromatic N) is 2. The van der Waals surface area contributed by atoms with Crippen molar-refractivity contribution in [3.8, 4) is 5.75 Å². The predicted octanol–water partition coefficient (Wildman–Crippen LogP) is 3.05. The molecule has 1 aromatic heterocycles.